The minimum Gasteiger partial charge on any atom is -0.497 e. The standard InChI is InChI=1S/C16H24O6/c1-10-15(21-9-19-3)16(2,18)14(17)13(22-10)11-5-7-12(20-4)8-6-11/h5-8,10,13-15,17-18H,9H2,1-4H3/t10-,13+,14+,15+,16+/m1/s1. The van der Waals surface area contributed by atoms with E-state index in [1.165, 1.54) is 7.11 Å². The highest BCUT2D eigenvalue weighted by molar-refractivity contribution is 5.30. The van der Waals surface area contributed by atoms with Crippen LogP contribution >= 0.6 is 0 Å². The van der Waals surface area contributed by atoms with E-state index in [-0.39, 0.29) is 6.79 Å². The fraction of sp³-hybridized carbons (Fsp3) is 0.625. The maximum Gasteiger partial charge on any atom is 0.146 e. The molecule has 1 heterocycles. The summed E-state index contributed by atoms with van der Waals surface area (Å²) in [6.45, 7) is 3.37. The van der Waals surface area contributed by atoms with Crippen molar-refractivity contribution in [2.24, 2.45) is 0 Å². The highest BCUT2D eigenvalue weighted by Crippen LogP contribution is 2.39. The van der Waals surface area contributed by atoms with Gasteiger partial charge in [0.25, 0.3) is 0 Å². The van der Waals surface area contributed by atoms with Gasteiger partial charge in [-0.15, -0.1) is 0 Å². The Labute approximate surface area is 130 Å². The summed E-state index contributed by atoms with van der Waals surface area (Å²) in [5.41, 5.74) is -0.688. The largest absolute Gasteiger partial charge is 0.497 e. The molecule has 2 rings (SSSR count). The number of aliphatic hydroxyl groups is 2. The molecule has 0 radical (unpaired) electrons. The van der Waals surface area contributed by atoms with Crippen LogP contribution in [0.2, 0.25) is 0 Å². The van der Waals surface area contributed by atoms with Gasteiger partial charge in [-0.05, 0) is 31.5 Å². The number of hydrogen-bond acceptors (Lipinski definition) is 6. The van der Waals surface area contributed by atoms with Crippen LogP contribution in [0.15, 0.2) is 24.3 Å². The van der Waals surface area contributed by atoms with Crippen LogP contribution in [0.3, 0.4) is 0 Å². The van der Waals surface area contributed by atoms with E-state index < -0.39 is 30.0 Å². The summed E-state index contributed by atoms with van der Waals surface area (Å²) in [6, 6.07) is 7.20. The molecule has 5 atom stereocenters. The second-order valence-corrected chi connectivity index (χ2v) is 5.70. The van der Waals surface area contributed by atoms with Crippen molar-refractivity contribution in [2.45, 2.75) is 43.9 Å². The molecule has 0 saturated carbocycles. The molecule has 1 aromatic rings. The van der Waals surface area contributed by atoms with Crippen LogP contribution in [-0.4, -0.2) is 55.1 Å². The Hall–Kier alpha value is -1.18. The Morgan fingerprint density at radius 2 is 1.86 bits per heavy atom. The summed E-state index contributed by atoms with van der Waals surface area (Å²) in [6.07, 6.45) is -2.85. The Balaban J connectivity index is 2.21. The van der Waals surface area contributed by atoms with Crippen LogP contribution in [0, 0.1) is 0 Å². The van der Waals surface area contributed by atoms with Crippen molar-refractivity contribution in [1.29, 1.82) is 0 Å². The molecule has 1 aliphatic rings. The molecule has 6 heteroatoms. The minimum absolute atomic E-state index is 0.0223. The van der Waals surface area contributed by atoms with Gasteiger partial charge in [0, 0.05) is 7.11 Å². The Bertz CT molecular complexity index is 472. The van der Waals surface area contributed by atoms with Crippen molar-refractivity contribution in [1.82, 2.24) is 0 Å². The topological polar surface area (TPSA) is 77.4 Å². The maximum absolute atomic E-state index is 10.7. The molecule has 0 bridgehead atoms. The number of methoxy groups -OCH3 is 2. The number of benzene rings is 1. The molecule has 22 heavy (non-hydrogen) atoms. The van der Waals surface area contributed by atoms with Gasteiger partial charge in [-0.25, -0.2) is 0 Å². The van der Waals surface area contributed by atoms with Gasteiger partial charge in [-0.2, -0.15) is 0 Å². The first-order chi connectivity index (χ1) is 10.4. The lowest BCUT2D eigenvalue weighted by molar-refractivity contribution is -0.285. The first kappa shape index (κ1) is 17.2. The van der Waals surface area contributed by atoms with Gasteiger partial charge < -0.3 is 29.2 Å². The van der Waals surface area contributed by atoms with Gasteiger partial charge in [-0.3, -0.25) is 0 Å². The summed E-state index contributed by atoms with van der Waals surface area (Å²) in [7, 11) is 3.09. The van der Waals surface area contributed by atoms with Crippen molar-refractivity contribution < 1.29 is 29.2 Å². The third-order valence-corrected chi connectivity index (χ3v) is 4.06. The van der Waals surface area contributed by atoms with Crippen molar-refractivity contribution in [2.75, 3.05) is 21.0 Å². The van der Waals surface area contributed by atoms with Crippen molar-refractivity contribution in [3.8, 4) is 5.75 Å². The van der Waals surface area contributed by atoms with Gasteiger partial charge in [-0.1, -0.05) is 12.1 Å². The fourth-order valence-electron chi connectivity index (χ4n) is 2.83. The predicted molar refractivity (Wildman–Crippen MR) is 79.7 cm³/mol. The van der Waals surface area contributed by atoms with E-state index >= 15 is 0 Å². The van der Waals surface area contributed by atoms with Gasteiger partial charge in [0.1, 0.15) is 36.5 Å². The van der Waals surface area contributed by atoms with Gasteiger partial charge in [0.2, 0.25) is 0 Å². The van der Waals surface area contributed by atoms with E-state index in [1.807, 2.05) is 12.1 Å². The van der Waals surface area contributed by atoms with Crippen LogP contribution in [0.4, 0.5) is 0 Å². The molecule has 1 fully saturated rings. The molecule has 0 unspecified atom stereocenters. The van der Waals surface area contributed by atoms with Crippen LogP contribution in [0.1, 0.15) is 25.5 Å². The summed E-state index contributed by atoms with van der Waals surface area (Å²) in [5.74, 6) is 0.718. The maximum atomic E-state index is 10.7. The number of hydrogen-bond donors (Lipinski definition) is 2. The van der Waals surface area contributed by atoms with Crippen LogP contribution < -0.4 is 4.74 Å². The molecule has 0 aliphatic carbocycles. The van der Waals surface area contributed by atoms with E-state index in [0.29, 0.717) is 0 Å². The molecular weight excluding hydrogens is 288 g/mol. The first-order valence-electron chi connectivity index (χ1n) is 7.22. The molecule has 124 valence electrons. The summed E-state index contributed by atoms with van der Waals surface area (Å²) in [5, 5.41) is 21.2. The average Bonchev–Trinajstić information content (AvgIpc) is 2.51. The van der Waals surface area contributed by atoms with E-state index in [2.05, 4.69) is 0 Å². The zero-order valence-electron chi connectivity index (χ0n) is 13.4. The van der Waals surface area contributed by atoms with Gasteiger partial charge >= 0.3 is 0 Å². The highest BCUT2D eigenvalue weighted by Gasteiger charge is 2.52. The fourth-order valence-corrected chi connectivity index (χ4v) is 2.83. The van der Waals surface area contributed by atoms with Crippen LogP contribution in [0.5, 0.6) is 5.75 Å². The Morgan fingerprint density at radius 1 is 1.23 bits per heavy atom. The highest BCUT2D eigenvalue weighted by atomic mass is 16.7. The molecule has 2 N–H and O–H groups in total. The molecule has 6 nitrogen and oxygen atoms in total. The smallest absolute Gasteiger partial charge is 0.146 e. The van der Waals surface area contributed by atoms with E-state index in [9.17, 15) is 10.2 Å². The molecule has 1 aromatic carbocycles. The molecule has 0 amide bonds. The van der Waals surface area contributed by atoms with E-state index in [4.69, 9.17) is 18.9 Å². The van der Waals surface area contributed by atoms with Gasteiger partial charge in [0.15, 0.2) is 0 Å². The summed E-state index contributed by atoms with van der Waals surface area (Å²) >= 11 is 0. The summed E-state index contributed by atoms with van der Waals surface area (Å²) in [4.78, 5) is 0. The first-order valence-corrected chi connectivity index (χ1v) is 7.22. The van der Waals surface area contributed by atoms with Crippen LogP contribution in [-0.2, 0) is 14.2 Å². The van der Waals surface area contributed by atoms with Crippen molar-refractivity contribution in [3.63, 3.8) is 0 Å². The third-order valence-electron chi connectivity index (χ3n) is 4.06. The van der Waals surface area contributed by atoms with Gasteiger partial charge in [0.05, 0.1) is 13.2 Å². The average molecular weight is 312 g/mol. The SMILES string of the molecule is COCO[C@H]1[C@@H](C)O[C@@H](c2ccc(OC)cc2)[C@H](O)[C@]1(C)O. The molecule has 1 saturated heterocycles. The minimum atomic E-state index is -1.46. The predicted octanol–water partition coefficient (Wildman–Crippen LogP) is 1.26. The number of ether oxygens (including phenoxy) is 4. The lowest BCUT2D eigenvalue weighted by Crippen LogP contribution is -2.62. The second kappa shape index (κ2) is 6.93. The normalized spacial score (nSPS) is 35.4. The molecule has 0 spiro atoms. The van der Waals surface area contributed by atoms with E-state index in [1.54, 1.807) is 33.1 Å². The number of aliphatic hydroxyl groups excluding tert-OH is 1. The van der Waals surface area contributed by atoms with E-state index in [0.717, 1.165) is 11.3 Å². The molecular formula is C16H24O6. The van der Waals surface area contributed by atoms with Crippen LogP contribution in [0.25, 0.3) is 0 Å². The summed E-state index contributed by atoms with van der Waals surface area (Å²) < 4.78 is 21.3. The lowest BCUT2D eigenvalue weighted by Gasteiger charge is -2.47. The molecule has 0 aromatic heterocycles. The third kappa shape index (κ3) is 3.26. The Morgan fingerprint density at radius 3 is 2.41 bits per heavy atom. The van der Waals surface area contributed by atoms with Crippen molar-refractivity contribution in [3.05, 3.63) is 29.8 Å². The van der Waals surface area contributed by atoms with Crippen molar-refractivity contribution >= 4 is 0 Å². The monoisotopic (exact) mass is 312 g/mol. The molecule has 1 aliphatic heterocycles. The Kier molecular flexibility index (Phi) is 5.41. The quantitative estimate of drug-likeness (QED) is 0.797. The zero-order valence-corrected chi connectivity index (χ0v) is 13.4. The number of rotatable bonds is 5. The zero-order chi connectivity index (χ0) is 16.3. The second-order valence-electron chi connectivity index (χ2n) is 5.70. The lowest BCUT2D eigenvalue weighted by atomic mass is 9.81.